The third-order valence-corrected chi connectivity index (χ3v) is 3.83. The highest BCUT2D eigenvalue weighted by atomic mass is 16.5. The van der Waals surface area contributed by atoms with Gasteiger partial charge in [-0.05, 0) is 13.3 Å². The molecule has 108 valence electrons. The van der Waals surface area contributed by atoms with E-state index in [-0.39, 0.29) is 12.1 Å². The van der Waals surface area contributed by atoms with Gasteiger partial charge in [0.25, 0.3) is 5.56 Å². The minimum absolute atomic E-state index is 0.0944. The average Bonchev–Trinajstić information content (AvgIpc) is 2.93. The fourth-order valence-corrected chi connectivity index (χ4v) is 2.52. The topological polar surface area (TPSA) is 93.9 Å². The van der Waals surface area contributed by atoms with Gasteiger partial charge in [-0.25, -0.2) is 4.79 Å². The Kier molecular flexibility index (Phi) is 2.89. The summed E-state index contributed by atoms with van der Waals surface area (Å²) in [6.45, 7) is 2.71. The molecule has 0 aliphatic carbocycles. The Morgan fingerprint density at radius 3 is 2.75 bits per heavy atom. The van der Waals surface area contributed by atoms with Gasteiger partial charge in [0.15, 0.2) is 11.2 Å². The van der Waals surface area contributed by atoms with Crippen LogP contribution in [-0.4, -0.2) is 37.9 Å². The third kappa shape index (κ3) is 1.83. The lowest BCUT2D eigenvalue weighted by atomic mass is 10.2. The number of rotatable bonds is 2. The quantitative estimate of drug-likeness (QED) is 0.776. The Hall–Kier alpha value is -2.09. The lowest BCUT2D eigenvalue weighted by Gasteiger charge is -2.16. The number of aromatic nitrogens is 4. The van der Waals surface area contributed by atoms with Gasteiger partial charge in [-0.1, -0.05) is 0 Å². The molecule has 1 fully saturated rings. The van der Waals surface area contributed by atoms with E-state index in [9.17, 15) is 9.59 Å². The first-order valence-electron chi connectivity index (χ1n) is 6.53. The van der Waals surface area contributed by atoms with E-state index in [1.54, 1.807) is 18.7 Å². The largest absolute Gasteiger partial charge is 0.376 e. The van der Waals surface area contributed by atoms with Crippen molar-refractivity contribution in [2.45, 2.75) is 25.5 Å². The molecule has 2 aromatic heterocycles. The van der Waals surface area contributed by atoms with E-state index in [1.165, 1.54) is 4.57 Å². The maximum atomic E-state index is 11.9. The Bertz CT molecular complexity index is 772. The van der Waals surface area contributed by atoms with Crippen LogP contribution < -0.4 is 16.6 Å². The highest BCUT2D eigenvalue weighted by Gasteiger charge is 2.26. The van der Waals surface area contributed by atoms with Gasteiger partial charge in [0.1, 0.15) is 0 Å². The third-order valence-electron chi connectivity index (χ3n) is 3.83. The fraction of sp³-hybridized carbons (Fsp3) is 0.583. The van der Waals surface area contributed by atoms with Crippen LogP contribution in [0.5, 0.6) is 0 Å². The van der Waals surface area contributed by atoms with Crippen LogP contribution in [0.3, 0.4) is 0 Å². The molecule has 2 N–H and O–H groups in total. The molecular weight excluding hydrogens is 262 g/mol. The molecule has 0 amide bonds. The predicted octanol–water partition coefficient (Wildman–Crippen LogP) is -0.450. The van der Waals surface area contributed by atoms with Crippen LogP contribution in [0, 0.1) is 0 Å². The van der Waals surface area contributed by atoms with E-state index in [1.807, 2.05) is 6.92 Å². The van der Waals surface area contributed by atoms with Gasteiger partial charge in [-0.2, -0.15) is 4.98 Å². The first-order valence-corrected chi connectivity index (χ1v) is 6.53. The van der Waals surface area contributed by atoms with Gasteiger partial charge >= 0.3 is 5.69 Å². The molecule has 20 heavy (non-hydrogen) atoms. The Morgan fingerprint density at radius 1 is 1.35 bits per heavy atom. The van der Waals surface area contributed by atoms with Gasteiger partial charge in [0, 0.05) is 20.7 Å². The van der Waals surface area contributed by atoms with Crippen molar-refractivity contribution in [1.29, 1.82) is 0 Å². The van der Waals surface area contributed by atoms with Gasteiger partial charge in [-0.3, -0.25) is 14.3 Å². The SMILES string of the molecule is CC1OCCC1Nc1nc2c(c(=O)[nH]c(=O)n2C)n1C. The minimum atomic E-state index is -0.468. The molecule has 0 radical (unpaired) electrons. The number of aromatic amines is 1. The fourth-order valence-electron chi connectivity index (χ4n) is 2.52. The lowest BCUT2D eigenvalue weighted by Crippen LogP contribution is -2.29. The molecule has 2 atom stereocenters. The molecule has 2 unspecified atom stereocenters. The molecule has 0 aromatic carbocycles. The summed E-state index contributed by atoms with van der Waals surface area (Å²) < 4.78 is 8.49. The van der Waals surface area contributed by atoms with Crippen LogP contribution in [0.15, 0.2) is 9.59 Å². The second kappa shape index (κ2) is 4.48. The van der Waals surface area contributed by atoms with Crippen molar-refractivity contribution >= 4 is 17.1 Å². The van der Waals surface area contributed by atoms with E-state index < -0.39 is 11.2 Å². The van der Waals surface area contributed by atoms with Gasteiger partial charge in [0.2, 0.25) is 5.95 Å². The second-order valence-corrected chi connectivity index (χ2v) is 5.10. The maximum Gasteiger partial charge on any atom is 0.329 e. The van der Waals surface area contributed by atoms with Crippen LogP contribution in [0.2, 0.25) is 0 Å². The van der Waals surface area contributed by atoms with E-state index in [2.05, 4.69) is 15.3 Å². The highest BCUT2D eigenvalue weighted by molar-refractivity contribution is 5.73. The minimum Gasteiger partial charge on any atom is -0.376 e. The lowest BCUT2D eigenvalue weighted by molar-refractivity contribution is 0.121. The van der Waals surface area contributed by atoms with Crippen molar-refractivity contribution in [2.75, 3.05) is 11.9 Å². The molecule has 1 aliphatic rings. The second-order valence-electron chi connectivity index (χ2n) is 5.10. The normalized spacial score (nSPS) is 22.6. The van der Waals surface area contributed by atoms with Crippen molar-refractivity contribution < 1.29 is 4.74 Å². The van der Waals surface area contributed by atoms with Gasteiger partial charge < -0.3 is 14.6 Å². The number of nitrogens with one attached hydrogen (secondary N) is 2. The number of hydrogen-bond acceptors (Lipinski definition) is 5. The molecule has 2 aromatic rings. The van der Waals surface area contributed by atoms with E-state index in [0.717, 1.165) is 6.42 Å². The highest BCUT2D eigenvalue weighted by Crippen LogP contribution is 2.20. The molecule has 0 bridgehead atoms. The van der Waals surface area contributed by atoms with Crippen LogP contribution in [0.25, 0.3) is 11.2 Å². The summed E-state index contributed by atoms with van der Waals surface area (Å²) in [5, 5.41) is 3.28. The van der Waals surface area contributed by atoms with Crippen molar-refractivity contribution in [2.24, 2.45) is 14.1 Å². The number of hydrogen-bond donors (Lipinski definition) is 2. The summed E-state index contributed by atoms with van der Waals surface area (Å²) in [4.78, 5) is 30.1. The van der Waals surface area contributed by atoms with E-state index in [0.29, 0.717) is 23.7 Å². The van der Waals surface area contributed by atoms with E-state index in [4.69, 9.17) is 4.74 Å². The van der Waals surface area contributed by atoms with Crippen molar-refractivity contribution in [3.63, 3.8) is 0 Å². The summed E-state index contributed by atoms with van der Waals surface area (Å²) in [5.74, 6) is 0.564. The van der Waals surface area contributed by atoms with Crippen LogP contribution in [0.4, 0.5) is 5.95 Å². The molecule has 3 heterocycles. The summed E-state index contributed by atoms with van der Waals surface area (Å²) in [7, 11) is 3.33. The molecule has 0 saturated carbocycles. The van der Waals surface area contributed by atoms with Crippen molar-refractivity contribution in [3.05, 3.63) is 20.8 Å². The van der Waals surface area contributed by atoms with Gasteiger partial charge in [0.05, 0.1) is 12.1 Å². The number of aryl methyl sites for hydroxylation is 2. The predicted molar refractivity (Wildman–Crippen MR) is 74.0 cm³/mol. The first-order chi connectivity index (χ1) is 9.49. The number of fused-ring (bicyclic) bond motifs is 1. The number of nitrogens with zero attached hydrogens (tertiary/aromatic N) is 3. The molecular formula is C12H17N5O3. The summed E-state index contributed by atoms with van der Waals surface area (Å²) in [6, 6.07) is 0.154. The number of imidazole rings is 1. The van der Waals surface area contributed by atoms with Gasteiger partial charge in [-0.15, -0.1) is 0 Å². The molecule has 8 nitrogen and oxygen atoms in total. The molecule has 0 spiro atoms. The van der Waals surface area contributed by atoms with Crippen LogP contribution in [-0.2, 0) is 18.8 Å². The number of ether oxygens (including phenoxy) is 1. The summed E-state index contributed by atoms with van der Waals surface area (Å²) >= 11 is 0. The van der Waals surface area contributed by atoms with Crippen LogP contribution in [0.1, 0.15) is 13.3 Å². The standard InChI is InChI=1S/C12H17N5O3/c1-6-7(4-5-20-6)13-11-14-9-8(16(11)2)10(18)15-12(19)17(9)3/h6-7H,4-5H2,1-3H3,(H,13,14)(H,15,18,19). The number of anilines is 1. The molecule has 1 aliphatic heterocycles. The maximum absolute atomic E-state index is 11.9. The zero-order chi connectivity index (χ0) is 14.4. The zero-order valence-electron chi connectivity index (χ0n) is 11.6. The summed E-state index contributed by atoms with van der Waals surface area (Å²) in [6.07, 6.45) is 0.983. The Morgan fingerprint density at radius 2 is 2.10 bits per heavy atom. The monoisotopic (exact) mass is 279 g/mol. The average molecular weight is 279 g/mol. The Balaban J connectivity index is 2.11. The molecule has 8 heteroatoms. The van der Waals surface area contributed by atoms with Crippen LogP contribution >= 0.6 is 0 Å². The Labute approximate surface area is 114 Å². The smallest absolute Gasteiger partial charge is 0.329 e. The first kappa shape index (κ1) is 12.9. The molecule has 3 rings (SSSR count). The molecule has 1 saturated heterocycles. The van der Waals surface area contributed by atoms with Crippen molar-refractivity contribution in [1.82, 2.24) is 19.1 Å². The van der Waals surface area contributed by atoms with E-state index >= 15 is 0 Å². The zero-order valence-corrected chi connectivity index (χ0v) is 11.6. The van der Waals surface area contributed by atoms with Crippen molar-refractivity contribution in [3.8, 4) is 0 Å². The summed E-state index contributed by atoms with van der Waals surface area (Å²) in [5.41, 5.74) is -0.150. The number of H-pyrrole nitrogens is 1.